The van der Waals surface area contributed by atoms with Gasteiger partial charge in [0.25, 0.3) is 0 Å². The maximum atomic E-state index is 11.9. The molecule has 2 aromatic carbocycles. The fraction of sp³-hybridized carbons (Fsp3) is 0.176. The number of aliphatic carboxylic acids is 2. The van der Waals surface area contributed by atoms with Gasteiger partial charge in [0, 0.05) is 5.92 Å². The molecule has 0 aliphatic rings. The molecule has 2 N–H and O–H groups in total. The fourth-order valence-electron chi connectivity index (χ4n) is 2.65. The van der Waals surface area contributed by atoms with E-state index in [-0.39, 0.29) is 5.56 Å². The number of rotatable bonds is 5. The molecule has 0 saturated carbocycles. The minimum absolute atomic E-state index is 0.265. The molecule has 0 spiro atoms. The van der Waals surface area contributed by atoms with E-state index in [1.807, 2.05) is 6.07 Å². The van der Waals surface area contributed by atoms with Gasteiger partial charge in [-0.05, 0) is 11.1 Å². The van der Waals surface area contributed by atoms with Gasteiger partial charge in [-0.15, -0.1) is 0 Å². The van der Waals surface area contributed by atoms with E-state index in [1.165, 1.54) is 0 Å². The van der Waals surface area contributed by atoms with E-state index >= 15 is 0 Å². The number of hydrogen-bond acceptors (Lipinski definition) is 2. The molecule has 4 nitrogen and oxygen atoms in total. The van der Waals surface area contributed by atoms with Gasteiger partial charge in [-0.25, -0.2) is 0 Å². The topological polar surface area (TPSA) is 74.6 Å². The molecule has 1 atom stereocenters. The first kappa shape index (κ1) is 14.8. The molecule has 0 heterocycles. The molecule has 0 amide bonds. The van der Waals surface area contributed by atoms with Crippen LogP contribution in [0.5, 0.6) is 0 Å². The highest BCUT2D eigenvalue weighted by molar-refractivity contribution is 6.06. The molecule has 0 aliphatic heterocycles. The maximum absolute atomic E-state index is 11.9. The van der Waals surface area contributed by atoms with Crippen molar-refractivity contribution in [1.29, 1.82) is 0 Å². The third-order valence-electron chi connectivity index (χ3n) is 3.85. The zero-order valence-electron chi connectivity index (χ0n) is 11.6. The second-order valence-electron chi connectivity index (χ2n) is 4.92. The number of hydrogen-bond donors (Lipinski definition) is 2. The van der Waals surface area contributed by atoms with Crippen molar-refractivity contribution in [3.8, 4) is 0 Å². The number of benzene rings is 2. The van der Waals surface area contributed by atoms with Crippen LogP contribution in [0.4, 0.5) is 0 Å². The highest BCUT2D eigenvalue weighted by Crippen LogP contribution is 2.39. The van der Waals surface area contributed by atoms with Gasteiger partial charge in [0.2, 0.25) is 0 Å². The third-order valence-corrected chi connectivity index (χ3v) is 3.85. The summed E-state index contributed by atoms with van der Waals surface area (Å²) in [6, 6.07) is 16.9. The molecular weight excluding hydrogens is 268 g/mol. The Hall–Kier alpha value is -2.62. The first-order valence-electron chi connectivity index (χ1n) is 6.58. The quantitative estimate of drug-likeness (QED) is 0.828. The van der Waals surface area contributed by atoms with Crippen LogP contribution >= 0.6 is 0 Å². The van der Waals surface area contributed by atoms with Crippen LogP contribution in [0.2, 0.25) is 0 Å². The SMILES string of the molecule is CC(c1ccccc1)C(C(=O)O)(C(=O)O)c1ccccc1. The van der Waals surface area contributed by atoms with E-state index in [9.17, 15) is 19.8 Å². The van der Waals surface area contributed by atoms with Crippen LogP contribution in [0.15, 0.2) is 60.7 Å². The molecule has 0 fully saturated rings. The summed E-state index contributed by atoms with van der Waals surface area (Å²) in [6.45, 7) is 1.63. The normalized spacial score (nSPS) is 12.6. The van der Waals surface area contributed by atoms with Crippen LogP contribution in [0.25, 0.3) is 0 Å². The molecule has 0 aromatic heterocycles. The maximum Gasteiger partial charge on any atom is 0.326 e. The Morgan fingerprint density at radius 2 is 1.29 bits per heavy atom. The van der Waals surface area contributed by atoms with Crippen LogP contribution < -0.4 is 0 Å². The van der Waals surface area contributed by atoms with Crippen molar-refractivity contribution in [2.45, 2.75) is 18.3 Å². The second-order valence-corrected chi connectivity index (χ2v) is 4.92. The highest BCUT2D eigenvalue weighted by Gasteiger charge is 2.53. The van der Waals surface area contributed by atoms with E-state index < -0.39 is 23.3 Å². The van der Waals surface area contributed by atoms with Gasteiger partial charge < -0.3 is 10.2 Å². The lowest BCUT2D eigenvalue weighted by atomic mass is 9.68. The number of carboxylic acid groups (broad SMARTS) is 2. The van der Waals surface area contributed by atoms with Gasteiger partial charge in [0.1, 0.15) is 0 Å². The summed E-state index contributed by atoms with van der Waals surface area (Å²) in [6.07, 6.45) is 0. The van der Waals surface area contributed by atoms with E-state index in [4.69, 9.17) is 0 Å². The Balaban J connectivity index is 2.67. The van der Waals surface area contributed by atoms with Gasteiger partial charge in [0.15, 0.2) is 5.41 Å². The molecule has 2 aromatic rings. The third kappa shape index (κ3) is 2.40. The summed E-state index contributed by atoms with van der Waals surface area (Å²) >= 11 is 0. The Morgan fingerprint density at radius 1 is 0.857 bits per heavy atom. The van der Waals surface area contributed by atoms with E-state index in [1.54, 1.807) is 61.5 Å². The first-order chi connectivity index (χ1) is 10.0. The molecule has 1 unspecified atom stereocenters. The Bertz CT molecular complexity index is 620. The Morgan fingerprint density at radius 3 is 1.71 bits per heavy atom. The molecule has 2 rings (SSSR count). The van der Waals surface area contributed by atoms with E-state index in [2.05, 4.69) is 0 Å². The van der Waals surface area contributed by atoms with Crippen molar-refractivity contribution in [2.24, 2.45) is 0 Å². The average molecular weight is 284 g/mol. The minimum Gasteiger partial charge on any atom is -0.480 e. The molecule has 0 aliphatic carbocycles. The average Bonchev–Trinajstić information content (AvgIpc) is 2.49. The summed E-state index contributed by atoms with van der Waals surface area (Å²) in [4.78, 5) is 23.8. The zero-order valence-corrected chi connectivity index (χ0v) is 11.6. The lowest BCUT2D eigenvalue weighted by molar-refractivity contribution is -0.159. The molecule has 0 saturated heterocycles. The second kappa shape index (κ2) is 5.79. The smallest absolute Gasteiger partial charge is 0.326 e. The minimum atomic E-state index is -2.01. The lowest BCUT2D eigenvalue weighted by Gasteiger charge is -2.32. The summed E-state index contributed by atoms with van der Waals surface area (Å²) in [5.41, 5.74) is -1.07. The number of carboxylic acids is 2. The summed E-state index contributed by atoms with van der Waals surface area (Å²) in [7, 11) is 0. The van der Waals surface area contributed by atoms with Crippen molar-refractivity contribution in [3.63, 3.8) is 0 Å². The van der Waals surface area contributed by atoms with Gasteiger partial charge >= 0.3 is 11.9 Å². The summed E-state index contributed by atoms with van der Waals surface area (Å²) < 4.78 is 0. The first-order valence-corrected chi connectivity index (χ1v) is 6.58. The van der Waals surface area contributed by atoms with Crippen molar-refractivity contribution < 1.29 is 19.8 Å². The lowest BCUT2D eigenvalue weighted by Crippen LogP contribution is -2.48. The molecule has 0 radical (unpaired) electrons. The monoisotopic (exact) mass is 284 g/mol. The predicted octanol–water partition coefficient (Wildman–Crippen LogP) is 2.90. The van der Waals surface area contributed by atoms with Crippen molar-refractivity contribution >= 4 is 11.9 Å². The van der Waals surface area contributed by atoms with Crippen LogP contribution in [-0.2, 0) is 15.0 Å². The van der Waals surface area contributed by atoms with E-state index in [0.29, 0.717) is 5.56 Å². The molecule has 21 heavy (non-hydrogen) atoms. The van der Waals surface area contributed by atoms with Gasteiger partial charge in [-0.2, -0.15) is 0 Å². The van der Waals surface area contributed by atoms with Gasteiger partial charge in [-0.3, -0.25) is 9.59 Å². The molecule has 0 bridgehead atoms. The van der Waals surface area contributed by atoms with E-state index in [0.717, 1.165) is 0 Å². The Kier molecular flexibility index (Phi) is 4.08. The van der Waals surface area contributed by atoms with Crippen LogP contribution in [0.1, 0.15) is 24.0 Å². The standard InChI is InChI=1S/C17H16O4/c1-12(13-8-4-2-5-9-13)17(15(18)19,16(20)21)14-10-6-3-7-11-14/h2-12H,1H3,(H,18,19)(H,20,21). The summed E-state index contributed by atoms with van der Waals surface area (Å²) in [5, 5.41) is 19.4. The van der Waals surface area contributed by atoms with Crippen molar-refractivity contribution in [2.75, 3.05) is 0 Å². The Labute approximate surface area is 122 Å². The predicted molar refractivity (Wildman–Crippen MR) is 78.2 cm³/mol. The molecule has 4 heteroatoms. The van der Waals surface area contributed by atoms with Crippen molar-refractivity contribution in [3.05, 3.63) is 71.8 Å². The van der Waals surface area contributed by atoms with Crippen molar-refractivity contribution in [1.82, 2.24) is 0 Å². The summed E-state index contributed by atoms with van der Waals surface area (Å²) in [5.74, 6) is -3.44. The van der Waals surface area contributed by atoms with Crippen LogP contribution in [0.3, 0.4) is 0 Å². The fourth-order valence-corrected chi connectivity index (χ4v) is 2.65. The highest BCUT2D eigenvalue weighted by atomic mass is 16.4. The van der Waals surface area contributed by atoms with Crippen LogP contribution in [0, 0.1) is 0 Å². The zero-order chi connectivity index (χ0) is 15.5. The number of carbonyl (C=O) groups is 2. The molecular formula is C17H16O4. The van der Waals surface area contributed by atoms with Gasteiger partial charge in [0.05, 0.1) is 0 Å². The van der Waals surface area contributed by atoms with Crippen LogP contribution in [-0.4, -0.2) is 22.2 Å². The van der Waals surface area contributed by atoms with Gasteiger partial charge in [-0.1, -0.05) is 67.6 Å². The largest absolute Gasteiger partial charge is 0.480 e. The molecule has 108 valence electrons.